The van der Waals surface area contributed by atoms with Crippen molar-refractivity contribution in [3.63, 3.8) is 0 Å². The molecule has 1 atom stereocenters. The predicted molar refractivity (Wildman–Crippen MR) is 74.3 cm³/mol. The van der Waals surface area contributed by atoms with E-state index in [-0.39, 0.29) is 5.56 Å². The minimum atomic E-state index is -0.944. The number of ketones is 1. The predicted octanol–water partition coefficient (Wildman–Crippen LogP) is 3.77. The first-order valence-corrected chi connectivity index (χ1v) is 6.78. The third-order valence-electron chi connectivity index (χ3n) is 3.76. The molecule has 0 spiro atoms. The molecule has 1 aliphatic heterocycles. The largest absolute Gasteiger partial charge is 0.365 e. The molecule has 108 valence electrons. The SMILES string of the molecule is Cc1ccc(F)c(C(=O)C2OCCc3ccccc32)c1F. The van der Waals surface area contributed by atoms with Gasteiger partial charge >= 0.3 is 0 Å². The number of hydrogen-bond donors (Lipinski definition) is 0. The molecule has 0 N–H and O–H groups in total. The Hall–Kier alpha value is -2.07. The maximum absolute atomic E-state index is 14.1. The summed E-state index contributed by atoms with van der Waals surface area (Å²) >= 11 is 0. The lowest BCUT2D eigenvalue weighted by Crippen LogP contribution is -2.25. The van der Waals surface area contributed by atoms with Crippen molar-refractivity contribution in [2.75, 3.05) is 6.61 Å². The number of Topliss-reactive ketones (excluding diaryl/α,β-unsaturated/α-hetero) is 1. The maximum atomic E-state index is 14.1. The number of rotatable bonds is 2. The third kappa shape index (κ3) is 2.36. The van der Waals surface area contributed by atoms with E-state index in [1.54, 1.807) is 12.1 Å². The lowest BCUT2D eigenvalue weighted by molar-refractivity contribution is 0.0342. The van der Waals surface area contributed by atoms with Gasteiger partial charge in [-0.25, -0.2) is 8.78 Å². The lowest BCUT2D eigenvalue weighted by atomic mass is 9.91. The molecule has 2 nitrogen and oxygen atoms in total. The molecule has 0 radical (unpaired) electrons. The highest BCUT2D eigenvalue weighted by molar-refractivity contribution is 6.01. The summed E-state index contributed by atoms with van der Waals surface area (Å²) in [7, 11) is 0. The number of aryl methyl sites for hydroxylation is 1. The van der Waals surface area contributed by atoms with Crippen LogP contribution < -0.4 is 0 Å². The van der Waals surface area contributed by atoms with Crippen LogP contribution in [0, 0.1) is 18.6 Å². The third-order valence-corrected chi connectivity index (χ3v) is 3.76. The standard InChI is InChI=1S/C17H14F2O2/c1-10-6-7-13(18)14(15(10)19)16(20)17-12-5-3-2-4-11(12)8-9-21-17/h2-7,17H,8-9H2,1H3. The normalized spacial score (nSPS) is 17.4. The fourth-order valence-electron chi connectivity index (χ4n) is 2.62. The van der Waals surface area contributed by atoms with Gasteiger partial charge in [0.2, 0.25) is 5.78 Å². The molecule has 4 heteroatoms. The second kappa shape index (κ2) is 5.37. The van der Waals surface area contributed by atoms with Crippen LogP contribution in [0.25, 0.3) is 0 Å². The second-order valence-corrected chi connectivity index (χ2v) is 5.12. The first-order chi connectivity index (χ1) is 10.1. The average molecular weight is 288 g/mol. The van der Waals surface area contributed by atoms with Crippen molar-refractivity contribution in [3.8, 4) is 0 Å². The highest BCUT2D eigenvalue weighted by atomic mass is 19.1. The van der Waals surface area contributed by atoms with Crippen molar-refractivity contribution in [2.24, 2.45) is 0 Å². The van der Waals surface area contributed by atoms with E-state index in [4.69, 9.17) is 4.74 Å². The van der Waals surface area contributed by atoms with Gasteiger partial charge in [0, 0.05) is 0 Å². The maximum Gasteiger partial charge on any atom is 0.202 e. The molecule has 21 heavy (non-hydrogen) atoms. The Bertz CT molecular complexity index is 710. The molecule has 1 aliphatic rings. The Kier molecular flexibility index (Phi) is 3.55. The van der Waals surface area contributed by atoms with Gasteiger partial charge in [0.1, 0.15) is 17.7 Å². The van der Waals surface area contributed by atoms with Gasteiger partial charge in [0.05, 0.1) is 12.2 Å². The Balaban J connectivity index is 2.07. The van der Waals surface area contributed by atoms with Gasteiger partial charge in [-0.3, -0.25) is 4.79 Å². The molecule has 3 rings (SSSR count). The van der Waals surface area contributed by atoms with E-state index in [0.29, 0.717) is 18.6 Å². The van der Waals surface area contributed by atoms with Crippen LogP contribution in [0.5, 0.6) is 0 Å². The van der Waals surface area contributed by atoms with Gasteiger partial charge in [0.25, 0.3) is 0 Å². The highest BCUT2D eigenvalue weighted by Gasteiger charge is 2.32. The molecule has 2 aromatic carbocycles. The van der Waals surface area contributed by atoms with Gasteiger partial charge in [-0.15, -0.1) is 0 Å². The van der Waals surface area contributed by atoms with Crippen molar-refractivity contribution in [1.82, 2.24) is 0 Å². The summed E-state index contributed by atoms with van der Waals surface area (Å²) in [6.07, 6.45) is -0.251. The number of carbonyl (C=O) groups is 1. The van der Waals surface area contributed by atoms with E-state index in [9.17, 15) is 13.6 Å². The number of carbonyl (C=O) groups excluding carboxylic acids is 1. The van der Waals surface area contributed by atoms with Crippen LogP contribution in [0.1, 0.15) is 33.2 Å². The number of benzene rings is 2. The van der Waals surface area contributed by atoms with Gasteiger partial charge in [-0.2, -0.15) is 0 Å². The Morgan fingerprint density at radius 3 is 2.76 bits per heavy atom. The van der Waals surface area contributed by atoms with E-state index < -0.39 is 29.1 Å². The van der Waals surface area contributed by atoms with Crippen LogP contribution in [0.4, 0.5) is 8.78 Å². The first-order valence-electron chi connectivity index (χ1n) is 6.78. The van der Waals surface area contributed by atoms with Crippen LogP contribution in [-0.4, -0.2) is 12.4 Å². The summed E-state index contributed by atoms with van der Waals surface area (Å²) in [6.45, 7) is 1.86. The molecular formula is C17H14F2O2. The molecular weight excluding hydrogens is 274 g/mol. The number of ether oxygens (including phenoxy) is 1. The molecule has 0 saturated heterocycles. The van der Waals surface area contributed by atoms with Crippen LogP contribution in [0.15, 0.2) is 36.4 Å². The fourth-order valence-corrected chi connectivity index (χ4v) is 2.62. The van der Waals surface area contributed by atoms with Crippen molar-refractivity contribution >= 4 is 5.78 Å². The van der Waals surface area contributed by atoms with Crippen molar-refractivity contribution in [1.29, 1.82) is 0 Å². The smallest absolute Gasteiger partial charge is 0.202 e. The van der Waals surface area contributed by atoms with Crippen LogP contribution in [0.2, 0.25) is 0 Å². The zero-order valence-electron chi connectivity index (χ0n) is 11.5. The summed E-state index contributed by atoms with van der Waals surface area (Å²) < 4.78 is 33.5. The second-order valence-electron chi connectivity index (χ2n) is 5.12. The Morgan fingerprint density at radius 1 is 1.19 bits per heavy atom. The summed E-state index contributed by atoms with van der Waals surface area (Å²) in [6, 6.07) is 9.76. The van der Waals surface area contributed by atoms with E-state index in [1.165, 1.54) is 13.0 Å². The topological polar surface area (TPSA) is 26.3 Å². The minimum absolute atomic E-state index is 0.240. The van der Waals surface area contributed by atoms with Crippen LogP contribution >= 0.6 is 0 Å². The number of fused-ring (bicyclic) bond motifs is 1. The van der Waals surface area contributed by atoms with E-state index >= 15 is 0 Å². The molecule has 0 fully saturated rings. The summed E-state index contributed by atoms with van der Waals surface area (Å²) in [4.78, 5) is 12.6. The zero-order chi connectivity index (χ0) is 15.0. The van der Waals surface area contributed by atoms with E-state index in [2.05, 4.69) is 0 Å². The van der Waals surface area contributed by atoms with Crippen molar-refractivity contribution < 1.29 is 18.3 Å². The Morgan fingerprint density at radius 2 is 1.95 bits per heavy atom. The molecule has 1 unspecified atom stereocenters. The van der Waals surface area contributed by atoms with E-state index in [1.807, 2.05) is 12.1 Å². The van der Waals surface area contributed by atoms with Crippen molar-refractivity contribution in [3.05, 3.63) is 70.3 Å². The van der Waals surface area contributed by atoms with Gasteiger partial charge in [-0.05, 0) is 36.1 Å². The minimum Gasteiger partial charge on any atom is -0.365 e. The Labute approximate surface area is 121 Å². The summed E-state index contributed by atoms with van der Waals surface area (Å²) in [5.41, 5.74) is 1.39. The summed E-state index contributed by atoms with van der Waals surface area (Å²) in [5.74, 6) is -2.33. The highest BCUT2D eigenvalue weighted by Crippen LogP contribution is 2.31. The van der Waals surface area contributed by atoms with Crippen LogP contribution in [-0.2, 0) is 11.2 Å². The van der Waals surface area contributed by atoms with Crippen molar-refractivity contribution in [2.45, 2.75) is 19.4 Å². The first kappa shape index (κ1) is 13.9. The fraction of sp³-hybridized carbons (Fsp3) is 0.235. The van der Waals surface area contributed by atoms with E-state index in [0.717, 1.165) is 11.6 Å². The monoisotopic (exact) mass is 288 g/mol. The van der Waals surface area contributed by atoms with Gasteiger partial charge in [0.15, 0.2) is 0 Å². The average Bonchev–Trinajstić information content (AvgIpc) is 2.50. The molecule has 0 aliphatic carbocycles. The number of halogens is 2. The quantitative estimate of drug-likeness (QED) is 0.786. The summed E-state index contributed by atoms with van der Waals surface area (Å²) in [5, 5.41) is 0. The number of hydrogen-bond acceptors (Lipinski definition) is 2. The van der Waals surface area contributed by atoms with Gasteiger partial charge in [-0.1, -0.05) is 30.3 Å². The molecule has 1 heterocycles. The zero-order valence-corrected chi connectivity index (χ0v) is 11.5. The molecule has 0 saturated carbocycles. The van der Waals surface area contributed by atoms with Gasteiger partial charge < -0.3 is 4.74 Å². The molecule has 0 bridgehead atoms. The molecule has 0 amide bonds. The molecule has 0 aromatic heterocycles. The molecule has 2 aromatic rings. The van der Waals surface area contributed by atoms with Crippen LogP contribution in [0.3, 0.4) is 0 Å². The lowest BCUT2D eigenvalue weighted by Gasteiger charge is -2.25.